The monoisotopic (exact) mass is 244 g/mol. The summed E-state index contributed by atoms with van der Waals surface area (Å²) in [6.07, 6.45) is -3.26. The predicted molar refractivity (Wildman–Crippen MR) is 55.1 cm³/mol. The molecule has 6 nitrogen and oxygen atoms in total. The summed E-state index contributed by atoms with van der Waals surface area (Å²) in [5.41, 5.74) is -0.146. The van der Waals surface area contributed by atoms with Crippen LogP contribution in [0.25, 0.3) is 0 Å². The predicted octanol–water partition coefficient (Wildman–Crippen LogP) is -0.197. The van der Waals surface area contributed by atoms with Gasteiger partial charge in [-0.3, -0.25) is 4.90 Å². The van der Waals surface area contributed by atoms with Crippen LogP contribution in [-0.2, 0) is 4.74 Å². The first-order valence-corrected chi connectivity index (χ1v) is 5.09. The van der Waals surface area contributed by atoms with Crippen molar-refractivity contribution in [2.45, 2.75) is 31.5 Å². The Kier molecular flexibility index (Phi) is 2.90. The molecule has 7 heteroatoms. The van der Waals surface area contributed by atoms with E-state index in [4.69, 9.17) is 4.74 Å². The minimum absolute atomic E-state index is 0.146. The van der Waals surface area contributed by atoms with Crippen molar-refractivity contribution in [1.29, 1.82) is 0 Å². The molecular weight excluding hydrogens is 231 g/mol. The Hall–Kier alpha value is -1.44. The standard InChI is InChI=1S/C10H13FN2O4/c1-4-6(11)3-13(10(16)12-4)9-8(15)7(14)5(2)17-9/h3,5,7-9,14-15H,1H2,2H3,(H,12,16)/t5-,7-,8-,9-/m1/s1. The van der Waals surface area contributed by atoms with Crippen molar-refractivity contribution in [2.75, 3.05) is 0 Å². The van der Waals surface area contributed by atoms with E-state index in [0.717, 1.165) is 11.1 Å². The molecule has 94 valence electrons. The van der Waals surface area contributed by atoms with Gasteiger partial charge in [-0.1, -0.05) is 6.58 Å². The number of nitrogens with zero attached hydrogens (tertiary/aromatic N) is 1. The van der Waals surface area contributed by atoms with Crippen LogP contribution in [0.4, 0.5) is 9.18 Å². The van der Waals surface area contributed by atoms with E-state index < -0.39 is 36.4 Å². The number of hydrogen-bond acceptors (Lipinski definition) is 4. The number of hydrogen-bond donors (Lipinski definition) is 3. The van der Waals surface area contributed by atoms with E-state index in [1.165, 1.54) is 0 Å². The average Bonchev–Trinajstić information content (AvgIpc) is 2.51. The Labute approximate surface area is 97.0 Å². The summed E-state index contributed by atoms with van der Waals surface area (Å²) in [7, 11) is 0. The fourth-order valence-electron chi connectivity index (χ4n) is 1.76. The van der Waals surface area contributed by atoms with Gasteiger partial charge in [0.25, 0.3) is 0 Å². The smallest absolute Gasteiger partial charge is 0.328 e. The van der Waals surface area contributed by atoms with Crippen molar-refractivity contribution in [2.24, 2.45) is 0 Å². The first kappa shape index (κ1) is 12.0. The maximum absolute atomic E-state index is 13.3. The summed E-state index contributed by atoms with van der Waals surface area (Å²) in [5.74, 6) is -0.727. The Balaban J connectivity index is 2.23. The molecular formula is C10H13FN2O4. The first-order chi connectivity index (χ1) is 7.91. The summed E-state index contributed by atoms with van der Waals surface area (Å²) in [6, 6.07) is -0.665. The highest BCUT2D eigenvalue weighted by Crippen LogP contribution is 2.27. The largest absolute Gasteiger partial charge is 0.388 e. The van der Waals surface area contributed by atoms with Gasteiger partial charge in [-0.15, -0.1) is 0 Å². The minimum Gasteiger partial charge on any atom is -0.388 e. The van der Waals surface area contributed by atoms with Gasteiger partial charge in [-0.25, -0.2) is 9.18 Å². The molecule has 0 saturated carbocycles. The zero-order chi connectivity index (χ0) is 12.7. The first-order valence-electron chi connectivity index (χ1n) is 5.09. The second-order valence-electron chi connectivity index (χ2n) is 4.01. The van der Waals surface area contributed by atoms with Crippen molar-refractivity contribution in [3.8, 4) is 0 Å². The number of urea groups is 1. The van der Waals surface area contributed by atoms with E-state index in [1.54, 1.807) is 6.92 Å². The maximum atomic E-state index is 13.3. The van der Waals surface area contributed by atoms with Gasteiger partial charge in [0, 0.05) is 6.20 Å². The molecule has 3 N–H and O–H groups in total. The molecule has 0 bridgehead atoms. The molecule has 1 fully saturated rings. The highest BCUT2D eigenvalue weighted by Gasteiger charge is 2.45. The Morgan fingerprint density at radius 2 is 2.18 bits per heavy atom. The van der Waals surface area contributed by atoms with Gasteiger partial charge in [0.05, 0.1) is 11.8 Å². The highest BCUT2D eigenvalue weighted by molar-refractivity contribution is 5.80. The van der Waals surface area contributed by atoms with Gasteiger partial charge in [0.2, 0.25) is 0 Å². The fourth-order valence-corrected chi connectivity index (χ4v) is 1.76. The number of ether oxygens (including phenoxy) is 1. The molecule has 0 aromatic carbocycles. The lowest BCUT2D eigenvalue weighted by atomic mass is 10.1. The lowest BCUT2D eigenvalue weighted by Crippen LogP contribution is -2.50. The third-order valence-corrected chi connectivity index (χ3v) is 2.78. The quantitative estimate of drug-likeness (QED) is 0.596. The molecule has 0 radical (unpaired) electrons. The van der Waals surface area contributed by atoms with Gasteiger partial charge in [-0.05, 0) is 6.92 Å². The molecule has 17 heavy (non-hydrogen) atoms. The Bertz CT molecular complexity index is 398. The van der Waals surface area contributed by atoms with Crippen LogP contribution in [-0.4, -0.2) is 45.7 Å². The third kappa shape index (κ3) is 1.92. The van der Waals surface area contributed by atoms with Gasteiger partial charge >= 0.3 is 6.03 Å². The normalized spacial score (nSPS) is 38.1. The lowest BCUT2D eigenvalue weighted by Gasteiger charge is -2.30. The maximum Gasteiger partial charge on any atom is 0.328 e. The second-order valence-corrected chi connectivity index (χ2v) is 4.01. The molecule has 2 aliphatic rings. The summed E-state index contributed by atoms with van der Waals surface area (Å²) in [4.78, 5) is 12.4. The van der Waals surface area contributed by atoms with E-state index in [9.17, 15) is 19.4 Å². The number of nitrogens with one attached hydrogen (secondary N) is 1. The van der Waals surface area contributed by atoms with Crippen LogP contribution >= 0.6 is 0 Å². The number of rotatable bonds is 1. The summed E-state index contributed by atoms with van der Waals surface area (Å²) in [5, 5.41) is 21.4. The molecule has 0 unspecified atom stereocenters. The van der Waals surface area contributed by atoms with E-state index >= 15 is 0 Å². The zero-order valence-electron chi connectivity index (χ0n) is 9.13. The van der Waals surface area contributed by atoms with Crippen molar-refractivity contribution in [1.82, 2.24) is 10.2 Å². The molecule has 2 amide bonds. The second kappa shape index (κ2) is 4.10. The van der Waals surface area contributed by atoms with E-state index in [1.807, 2.05) is 0 Å². The number of carbonyl (C=O) groups is 1. The van der Waals surface area contributed by atoms with E-state index in [-0.39, 0.29) is 5.70 Å². The molecule has 2 aliphatic heterocycles. The zero-order valence-corrected chi connectivity index (χ0v) is 9.13. The minimum atomic E-state index is -1.29. The van der Waals surface area contributed by atoms with Crippen molar-refractivity contribution < 1.29 is 24.1 Å². The molecule has 2 rings (SSSR count). The van der Waals surface area contributed by atoms with Gasteiger partial charge in [-0.2, -0.15) is 0 Å². The molecule has 0 aromatic heterocycles. The van der Waals surface area contributed by atoms with Crippen LogP contribution in [0.3, 0.4) is 0 Å². The van der Waals surface area contributed by atoms with Crippen LogP contribution in [0, 0.1) is 0 Å². The highest BCUT2D eigenvalue weighted by atomic mass is 19.1. The number of amides is 2. The van der Waals surface area contributed by atoms with Crippen LogP contribution in [0.5, 0.6) is 0 Å². The number of halogens is 1. The Morgan fingerprint density at radius 1 is 1.53 bits per heavy atom. The summed E-state index contributed by atoms with van der Waals surface area (Å²) >= 11 is 0. The molecule has 0 aromatic rings. The van der Waals surface area contributed by atoms with Gasteiger partial charge in [0.1, 0.15) is 12.2 Å². The molecule has 0 aliphatic carbocycles. The van der Waals surface area contributed by atoms with Crippen LogP contribution in [0.1, 0.15) is 6.92 Å². The number of aliphatic hydroxyl groups is 2. The molecule has 4 atom stereocenters. The van der Waals surface area contributed by atoms with Crippen molar-refractivity contribution >= 4 is 6.03 Å². The summed E-state index contributed by atoms with van der Waals surface area (Å²) in [6.45, 7) is 4.85. The van der Waals surface area contributed by atoms with Crippen LogP contribution in [0.15, 0.2) is 24.3 Å². The van der Waals surface area contributed by atoms with Gasteiger partial charge in [0.15, 0.2) is 12.1 Å². The molecule has 2 heterocycles. The molecule has 1 saturated heterocycles. The van der Waals surface area contributed by atoms with Crippen LogP contribution in [0.2, 0.25) is 0 Å². The van der Waals surface area contributed by atoms with Gasteiger partial charge < -0.3 is 20.3 Å². The number of carbonyl (C=O) groups excluding carboxylic acids is 1. The third-order valence-electron chi connectivity index (χ3n) is 2.78. The van der Waals surface area contributed by atoms with E-state index in [2.05, 4.69) is 11.9 Å². The fraction of sp³-hybridized carbons (Fsp3) is 0.500. The lowest BCUT2D eigenvalue weighted by molar-refractivity contribution is -0.0499. The van der Waals surface area contributed by atoms with Crippen molar-refractivity contribution in [3.63, 3.8) is 0 Å². The average molecular weight is 244 g/mol. The topological polar surface area (TPSA) is 82.0 Å². The number of allylic oxidation sites excluding steroid dienone is 1. The summed E-state index contributed by atoms with van der Waals surface area (Å²) < 4.78 is 18.5. The Morgan fingerprint density at radius 3 is 2.71 bits per heavy atom. The molecule has 0 spiro atoms. The number of aliphatic hydroxyl groups excluding tert-OH is 2. The van der Waals surface area contributed by atoms with Crippen molar-refractivity contribution in [3.05, 3.63) is 24.3 Å². The SMILES string of the molecule is C=C1NC(=O)N([C@@H]2O[C@H](C)[C@@H](O)[C@H]2O)C=C1F. The van der Waals surface area contributed by atoms with E-state index in [0.29, 0.717) is 0 Å². The van der Waals surface area contributed by atoms with Crippen LogP contribution < -0.4 is 5.32 Å².